The summed E-state index contributed by atoms with van der Waals surface area (Å²) < 4.78 is 0. The summed E-state index contributed by atoms with van der Waals surface area (Å²) in [6, 6.07) is 0.553. The van der Waals surface area contributed by atoms with Crippen LogP contribution in [0.3, 0.4) is 0 Å². The minimum absolute atomic E-state index is 0.553. The maximum Gasteiger partial charge on any atom is 0.156 e. The van der Waals surface area contributed by atoms with Crippen LogP contribution in [0.1, 0.15) is 13.8 Å². The van der Waals surface area contributed by atoms with E-state index >= 15 is 0 Å². The number of thioether (sulfide) groups is 1. The maximum atomic E-state index is 4.49. The van der Waals surface area contributed by atoms with Crippen LogP contribution >= 0.6 is 11.8 Å². The number of rotatable bonds is 3. The summed E-state index contributed by atoms with van der Waals surface area (Å²) in [5.74, 6) is 1.93. The van der Waals surface area contributed by atoms with Gasteiger partial charge in [-0.05, 0) is 26.9 Å². The molecule has 1 rings (SSSR count). The largest absolute Gasteiger partial charge is 0.363 e. The van der Waals surface area contributed by atoms with Gasteiger partial charge in [0.1, 0.15) is 0 Å². The summed E-state index contributed by atoms with van der Waals surface area (Å²) in [6.07, 6.45) is 0. The first-order valence-corrected chi connectivity index (χ1v) is 6.15. The molecule has 0 bridgehead atoms. The van der Waals surface area contributed by atoms with Gasteiger partial charge >= 0.3 is 0 Å². The molecule has 2 atom stereocenters. The fourth-order valence-electron chi connectivity index (χ4n) is 1.08. The third-order valence-corrected chi connectivity index (χ3v) is 3.76. The molecule has 0 aromatic heterocycles. The van der Waals surface area contributed by atoms with Crippen molar-refractivity contribution in [3.05, 3.63) is 0 Å². The van der Waals surface area contributed by atoms with E-state index in [0.717, 1.165) is 24.2 Å². The van der Waals surface area contributed by atoms with Crippen molar-refractivity contribution in [1.29, 1.82) is 0 Å². The van der Waals surface area contributed by atoms with Gasteiger partial charge in [0.2, 0.25) is 0 Å². The van der Waals surface area contributed by atoms with Crippen molar-refractivity contribution in [2.75, 3.05) is 32.9 Å². The molecule has 4 heteroatoms. The first kappa shape index (κ1) is 11.9. The second kappa shape index (κ2) is 5.61. The molecule has 0 fully saturated rings. The number of aliphatic imine (C=N–C) groups is 1. The summed E-state index contributed by atoms with van der Waals surface area (Å²) >= 11 is 1.85. The number of hydrogen-bond donors (Lipinski definition) is 1. The molecule has 0 aromatic carbocycles. The molecule has 0 amide bonds. The summed E-state index contributed by atoms with van der Waals surface area (Å²) in [4.78, 5) is 6.70. The van der Waals surface area contributed by atoms with Gasteiger partial charge < -0.3 is 10.2 Å². The van der Waals surface area contributed by atoms with Crippen LogP contribution in [0.15, 0.2) is 4.99 Å². The van der Waals surface area contributed by atoms with Gasteiger partial charge in [0, 0.05) is 24.9 Å². The zero-order valence-electron chi connectivity index (χ0n) is 9.58. The van der Waals surface area contributed by atoms with Gasteiger partial charge in [-0.3, -0.25) is 4.99 Å². The molecule has 0 spiro atoms. The zero-order valence-corrected chi connectivity index (χ0v) is 10.4. The van der Waals surface area contributed by atoms with Gasteiger partial charge in [0.05, 0.1) is 0 Å². The third-order valence-electron chi connectivity index (χ3n) is 2.48. The highest BCUT2D eigenvalue weighted by atomic mass is 32.2. The predicted molar refractivity (Wildman–Crippen MR) is 65.1 cm³/mol. The van der Waals surface area contributed by atoms with E-state index in [1.54, 1.807) is 0 Å². The fraction of sp³-hybridized carbons (Fsp3) is 0.900. The first-order chi connectivity index (χ1) is 6.59. The van der Waals surface area contributed by atoms with Crippen molar-refractivity contribution in [2.45, 2.75) is 19.9 Å². The second-order valence-electron chi connectivity index (χ2n) is 4.26. The zero-order chi connectivity index (χ0) is 10.6. The van der Waals surface area contributed by atoms with E-state index in [2.05, 4.69) is 43.2 Å². The molecular weight excluding hydrogens is 194 g/mol. The Morgan fingerprint density at radius 3 is 2.86 bits per heavy atom. The molecule has 0 aliphatic carbocycles. The molecule has 0 saturated heterocycles. The standard InChI is InChI=1S/C10H21N3S/c1-8-5-11-10(14-7-8)12-6-9(2)13(3)4/h8-9H,5-7H2,1-4H3,(H,11,12). The smallest absolute Gasteiger partial charge is 0.156 e. The number of amidine groups is 1. The summed E-state index contributed by atoms with van der Waals surface area (Å²) in [7, 11) is 4.20. The number of nitrogens with one attached hydrogen (secondary N) is 1. The van der Waals surface area contributed by atoms with E-state index in [4.69, 9.17) is 0 Å². The van der Waals surface area contributed by atoms with Crippen molar-refractivity contribution in [2.24, 2.45) is 10.9 Å². The minimum Gasteiger partial charge on any atom is -0.363 e. The van der Waals surface area contributed by atoms with E-state index in [1.807, 2.05) is 11.8 Å². The van der Waals surface area contributed by atoms with Crippen molar-refractivity contribution in [1.82, 2.24) is 10.2 Å². The number of hydrogen-bond acceptors (Lipinski definition) is 4. The number of likely N-dealkylation sites (N-methyl/N-ethyl adjacent to an activating group) is 1. The quantitative estimate of drug-likeness (QED) is 0.768. The molecule has 82 valence electrons. The monoisotopic (exact) mass is 215 g/mol. The molecule has 2 unspecified atom stereocenters. The van der Waals surface area contributed by atoms with Crippen molar-refractivity contribution >= 4 is 16.9 Å². The molecule has 1 aliphatic rings. The van der Waals surface area contributed by atoms with Crippen LogP contribution in [0.4, 0.5) is 0 Å². The van der Waals surface area contributed by atoms with Gasteiger partial charge in [0.25, 0.3) is 0 Å². The normalized spacial score (nSPS) is 24.6. The first-order valence-electron chi connectivity index (χ1n) is 5.17. The molecule has 1 N–H and O–H groups in total. The molecule has 0 aromatic rings. The van der Waals surface area contributed by atoms with Crippen molar-refractivity contribution in [3.63, 3.8) is 0 Å². The van der Waals surface area contributed by atoms with E-state index in [9.17, 15) is 0 Å². The van der Waals surface area contributed by atoms with E-state index in [-0.39, 0.29) is 0 Å². The minimum atomic E-state index is 0.553. The highest BCUT2D eigenvalue weighted by molar-refractivity contribution is 8.13. The van der Waals surface area contributed by atoms with Crippen LogP contribution in [0.5, 0.6) is 0 Å². The lowest BCUT2D eigenvalue weighted by Crippen LogP contribution is -2.38. The van der Waals surface area contributed by atoms with Gasteiger partial charge in [0.15, 0.2) is 5.17 Å². The van der Waals surface area contributed by atoms with Crippen LogP contribution in [-0.2, 0) is 0 Å². The molecule has 14 heavy (non-hydrogen) atoms. The third kappa shape index (κ3) is 3.88. The molecular formula is C10H21N3S. The number of nitrogens with zero attached hydrogens (tertiary/aromatic N) is 2. The van der Waals surface area contributed by atoms with E-state index < -0.39 is 0 Å². The lowest BCUT2D eigenvalue weighted by molar-refractivity contribution is 0.313. The fourth-order valence-corrected chi connectivity index (χ4v) is 1.98. The molecule has 1 heterocycles. The SMILES string of the molecule is CC1CN=C(NCC(C)N(C)C)SC1. The van der Waals surface area contributed by atoms with Crippen LogP contribution in [0, 0.1) is 5.92 Å². The Morgan fingerprint density at radius 1 is 1.64 bits per heavy atom. The lowest BCUT2D eigenvalue weighted by Gasteiger charge is -2.23. The Hall–Kier alpha value is -0.220. The predicted octanol–water partition coefficient (Wildman–Crippen LogP) is 1.26. The van der Waals surface area contributed by atoms with Crippen LogP contribution in [0.25, 0.3) is 0 Å². The van der Waals surface area contributed by atoms with Gasteiger partial charge in [-0.1, -0.05) is 18.7 Å². The molecule has 0 radical (unpaired) electrons. The Labute approximate surface area is 91.3 Å². The highest BCUT2D eigenvalue weighted by Crippen LogP contribution is 2.15. The van der Waals surface area contributed by atoms with E-state index in [0.29, 0.717) is 6.04 Å². The van der Waals surface area contributed by atoms with Crippen LogP contribution < -0.4 is 5.32 Å². The molecule has 1 aliphatic heterocycles. The molecule has 0 saturated carbocycles. The Morgan fingerprint density at radius 2 is 2.36 bits per heavy atom. The van der Waals surface area contributed by atoms with Gasteiger partial charge in [-0.25, -0.2) is 0 Å². The Bertz CT molecular complexity index is 204. The highest BCUT2D eigenvalue weighted by Gasteiger charge is 2.12. The van der Waals surface area contributed by atoms with Crippen molar-refractivity contribution < 1.29 is 0 Å². The van der Waals surface area contributed by atoms with Crippen LogP contribution in [-0.4, -0.2) is 49.0 Å². The van der Waals surface area contributed by atoms with Gasteiger partial charge in [-0.2, -0.15) is 0 Å². The topological polar surface area (TPSA) is 27.6 Å². The summed E-state index contributed by atoms with van der Waals surface area (Å²) in [5.41, 5.74) is 0. The van der Waals surface area contributed by atoms with E-state index in [1.165, 1.54) is 5.75 Å². The Balaban J connectivity index is 2.25. The average molecular weight is 215 g/mol. The van der Waals surface area contributed by atoms with Crippen molar-refractivity contribution in [3.8, 4) is 0 Å². The average Bonchev–Trinajstić information content (AvgIpc) is 2.16. The lowest BCUT2D eigenvalue weighted by atomic mass is 10.2. The maximum absolute atomic E-state index is 4.49. The Kier molecular flexibility index (Phi) is 4.75. The second-order valence-corrected chi connectivity index (χ2v) is 5.26. The summed E-state index contributed by atoms with van der Waals surface area (Å²) in [5, 5.41) is 4.52. The van der Waals surface area contributed by atoms with Gasteiger partial charge in [-0.15, -0.1) is 0 Å². The summed E-state index contributed by atoms with van der Waals surface area (Å²) in [6.45, 7) is 6.41. The van der Waals surface area contributed by atoms with Crippen LogP contribution in [0.2, 0.25) is 0 Å². The molecule has 3 nitrogen and oxygen atoms in total.